The highest BCUT2D eigenvalue weighted by Crippen LogP contribution is 2.26. The van der Waals surface area contributed by atoms with Crippen LogP contribution in [0.4, 0.5) is 11.4 Å². The van der Waals surface area contributed by atoms with Crippen molar-refractivity contribution in [3.05, 3.63) is 103 Å². The lowest BCUT2D eigenvalue weighted by molar-refractivity contribution is -0.129. The van der Waals surface area contributed by atoms with Gasteiger partial charge >= 0.3 is 0 Å². The molecule has 1 unspecified atom stereocenters. The molecule has 1 aromatic heterocycles. The van der Waals surface area contributed by atoms with Crippen molar-refractivity contribution >= 4 is 34.1 Å². The van der Waals surface area contributed by atoms with Crippen LogP contribution in [0, 0.1) is 5.92 Å². The van der Waals surface area contributed by atoms with Gasteiger partial charge < -0.3 is 4.90 Å². The zero-order chi connectivity index (χ0) is 25.6. The molecule has 2 amide bonds. The molecule has 37 heavy (non-hydrogen) atoms. The average molecular weight is 493 g/mol. The molecular formula is C31H32N4O2. The Kier molecular flexibility index (Phi) is 7.57. The Balaban J connectivity index is 1.39. The predicted octanol–water partition coefficient (Wildman–Crippen LogP) is 4.92. The summed E-state index contributed by atoms with van der Waals surface area (Å²) in [5.41, 5.74) is 3.87. The van der Waals surface area contributed by atoms with Crippen molar-refractivity contribution in [3.63, 3.8) is 0 Å². The molecule has 0 bridgehead atoms. The van der Waals surface area contributed by atoms with E-state index in [-0.39, 0.29) is 24.3 Å². The SMILES string of the molecule is CC(=O)N1CCN(CC(=O)N(c2ccccc2)c2ccccc2)CC(Cc2cccc3cccnc23)C1. The summed E-state index contributed by atoms with van der Waals surface area (Å²) in [6, 6.07) is 29.8. The number of aromatic nitrogens is 1. The van der Waals surface area contributed by atoms with Crippen LogP contribution < -0.4 is 4.90 Å². The van der Waals surface area contributed by atoms with E-state index in [4.69, 9.17) is 0 Å². The third-order valence-electron chi connectivity index (χ3n) is 6.99. The topological polar surface area (TPSA) is 56.8 Å². The van der Waals surface area contributed by atoms with Gasteiger partial charge in [0.1, 0.15) is 0 Å². The monoisotopic (exact) mass is 492 g/mol. The number of pyridine rings is 1. The number of carbonyl (C=O) groups is 2. The number of benzene rings is 3. The fourth-order valence-corrected chi connectivity index (χ4v) is 5.23. The van der Waals surface area contributed by atoms with Gasteiger partial charge in [-0.3, -0.25) is 24.4 Å². The lowest BCUT2D eigenvalue weighted by Crippen LogP contribution is -2.41. The van der Waals surface area contributed by atoms with E-state index in [0.717, 1.165) is 35.2 Å². The second-order valence-electron chi connectivity index (χ2n) is 9.66. The second-order valence-corrected chi connectivity index (χ2v) is 9.66. The quantitative estimate of drug-likeness (QED) is 0.383. The van der Waals surface area contributed by atoms with Crippen LogP contribution in [-0.2, 0) is 16.0 Å². The summed E-state index contributed by atoms with van der Waals surface area (Å²) in [5, 5.41) is 1.12. The van der Waals surface area contributed by atoms with Crippen LogP contribution in [0.25, 0.3) is 10.9 Å². The zero-order valence-corrected chi connectivity index (χ0v) is 21.2. The molecule has 1 fully saturated rings. The molecule has 6 heteroatoms. The molecule has 5 rings (SSSR count). The molecule has 1 aliphatic heterocycles. The standard InChI is InChI=1S/C31H32N4O2/c1-24(36)34-19-18-33(21-25(22-34)20-27-11-8-10-26-12-9-17-32-31(26)27)23-30(37)35(28-13-4-2-5-14-28)29-15-6-3-7-16-29/h2-17,25H,18-23H2,1H3. The molecule has 188 valence electrons. The maximum Gasteiger partial charge on any atom is 0.245 e. The Morgan fingerprint density at radius 3 is 2.19 bits per heavy atom. The van der Waals surface area contributed by atoms with Gasteiger partial charge in [-0.05, 0) is 48.2 Å². The van der Waals surface area contributed by atoms with Gasteiger partial charge in [-0.25, -0.2) is 0 Å². The molecule has 3 aromatic carbocycles. The van der Waals surface area contributed by atoms with Crippen LogP contribution in [0.5, 0.6) is 0 Å². The molecule has 0 spiro atoms. The number of nitrogens with zero attached hydrogens (tertiary/aromatic N) is 4. The largest absolute Gasteiger partial charge is 0.341 e. The molecule has 4 aromatic rings. The number of para-hydroxylation sites is 3. The van der Waals surface area contributed by atoms with Gasteiger partial charge in [0, 0.05) is 56.1 Å². The van der Waals surface area contributed by atoms with Crippen molar-refractivity contribution < 1.29 is 9.59 Å². The first-order chi connectivity index (χ1) is 18.1. The molecular weight excluding hydrogens is 460 g/mol. The molecule has 0 N–H and O–H groups in total. The van der Waals surface area contributed by atoms with E-state index >= 15 is 0 Å². The van der Waals surface area contributed by atoms with E-state index < -0.39 is 0 Å². The second kappa shape index (κ2) is 11.4. The Morgan fingerprint density at radius 2 is 1.51 bits per heavy atom. The third-order valence-corrected chi connectivity index (χ3v) is 6.99. The minimum atomic E-state index is 0.0132. The fourth-order valence-electron chi connectivity index (χ4n) is 5.23. The molecule has 1 aliphatic rings. The molecule has 2 heterocycles. The fraction of sp³-hybridized carbons (Fsp3) is 0.258. The summed E-state index contributed by atoms with van der Waals surface area (Å²) in [6.07, 6.45) is 2.62. The summed E-state index contributed by atoms with van der Waals surface area (Å²) in [7, 11) is 0. The maximum atomic E-state index is 13.8. The Morgan fingerprint density at radius 1 is 0.838 bits per heavy atom. The number of fused-ring (bicyclic) bond motifs is 1. The van der Waals surface area contributed by atoms with E-state index in [2.05, 4.69) is 34.1 Å². The minimum absolute atomic E-state index is 0.0132. The normalized spacial score (nSPS) is 16.4. The number of carbonyl (C=O) groups excluding carboxylic acids is 2. The van der Waals surface area contributed by atoms with Gasteiger partial charge in [-0.1, -0.05) is 60.7 Å². The molecule has 0 aliphatic carbocycles. The van der Waals surface area contributed by atoms with E-state index in [1.54, 1.807) is 11.8 Å². The molecule has 1 saturated heterocycles. The molecule has 0 saturated carbocycles. The summed E-state index contributed by atoms with van der Waals surface area (Å²) >= 11 is 0. The molecule has 1 atom stereocenters. The summed E-state index contributed by atoms with van der Waals surface area (Å²) in [4.78, 5) is 36.7. The van der Waals surface area contributed by atoms with Gasteiger partial charge in [0.15, 0.2) is 0 Å². The highest BCUT2D eigenvalue weighted by atomic mass is 16.2. The number of amides is 2. The van der Waals surface area contributed by atoms with E-state index in [1.165, 1.54) is 5.56 Å². The first-order valence-electron chi connectivity index (χ1n) is 12.8. The van der Waals surface area contributed by atoms with Crippen LogP contribution in [0.1, 0.15) is 12.5 Å². The Bertz CT molecular complexity index is 1310. The van der Waals surface area contributed by atoms with Crippen molar-refractivity contribution in [2.45, 2.75) is 13.3 Å². The van der Waals surface area contributed by atoms with Crippen molar-refractivity contribution in [2.75, 3.05) is 37.6 Å². The van der Waals surface area contributed by atoms with Gasteiger partial charge in [-0.2, -0.15) is 0 Å². The number of hydrogen-bond acceptors (Lipinski definition) is 4. The van der Waals surface area contributed by atoms with Crippen molar-refractivity contribution in [3.8, 4) is 0 Å². The van der Waals surface area contributed by atoms with Gasteiger partial charge in [0.05, 0.1) is 12.1 Å². The first kappa shape index (κ1) is 24.7. The van der Waals surface area contributed by atoms with Crippen LogP contribution in [-0.4, -0.2) is 59.3 Å². The summed E-state index contributed by atoms with van der Waals surface area (Å²) < 4.78 is 0. The van der Waals surface area contributed by atoms with Crippen molar-refractivity contribution in [1.82, 2.24) is 14.8 Å². The lowest BCUT2D eigenvalue weighted by Gasteiger charge is -2.28. The maximum absolute atomic E-state index is 13.8. The Hall–Kier alpha value is -4.03. The molecule has 0 radical (unpaired) electrons. The van der Waals surface area contributed by atoms with Crippen molar-refractivity contribution in [2.24, 2.45) is 5.92 Å². The van der Waals surface area contributed by atoms with Gasteiger partial charge in [0.25, 0.3) is 0 Å². The van der Waals surface area contributed by atoms with Gasteiger partial charge in [0.2, 0.25) is 11.8 Å². The number of rotatable bonds is 6. The average Bonchev–Trinajstić information content (AvgIpc) is 3.12. The van der Waals surface area contributed by atoms with Gasteiger partial charge in [-0.15, -0.1) is 0 Å². The highest BCUT2D eigenvalue weighted by Gasteiger charge is 2.28. The number of hydrogen-bond donors (Lipinski definition) is 0. The van der Waals surface area contributed by atoms with Crippen molar-refractivity contribution in [1.29, 1.82) is 0 Å². The van der Waals surface area contributed by atoms with E-state index in [9.17, 15) is 9.59 Å². The first-order valence-corrected chi connectivity index (χ1v) is 12.8. The summed E-state index contributed by atoms with van der Waals surface area (Å²) in [5.74, 6) is 0.275. The summed E-state index contributed by atoms with van der Waals surface area (Å²) in [6.45, 7) is 4.58. The lowest BCUT2D eigenvalue weighted by atomic mass is 9.96. The third kappa shape index (κ3) is 5.87. The smallest absolute Gasteiger partial charge is 0.245 e. The minimum Gasteiger partial charge on any atom is -0.341 e. The van der Waals surface area contributed by atoms with Crippen LogP contribution >= 0.6 is 0 Å². The zero-order valence-electron chi connectivity index (χ0n) is 21.2. The van der Waals surface area contributed by atoms with E-state index in [0.29, 0.717) is 19.6 Å². The predicted molar refractivity (Wildman–Crippen MR) is 148 cm³/mol. The Labute approximate surface area is 218 Å². The number of anilines is 2. The van der Waals surface area contributed by atoms with Crippen LogP contribution in [0.2, 0.25) is 0 Å². The van der Waals surface area contributed by atoms with E-state index in [1.807, 2.05) is 77.8 Å². The van der Waals surface area contributed by atoms with Crippen LogP contribution in [0.15, 0.2) is 97.2 Å². The highest BCUT2D eigenvalue weighted by molar-refractivity contribution is 6.01. The van der Waals surface area contributed by atoms with Crippen LogP contribution in [0.3, 0.4) is 0 Å². The molecule has 6 nitrogen and oxygen atoms in total.